The molecule has 3 rings (SSSR count). The van der Waals surface area contributed by atoms with Gasteiger partial charge in [0.05, 0.1) is 12.7 Å². The lowest BCUT2D eigenvalue weighted by Gasteiger charge is -2.22. The quantitative estimate of drug-likeness (QED) is 0.718. The molecule has 0 aliphatic carbocycles. The van der Waals surface area contributed by atoms with E-state index in [1.807, 2.05) is 0 Å². The van der Waals surface area contributed by atoms with E-state index in [0.29, 0.717) is 27.1 Å². The summed E-state index contributed by atoms with van der Waals surface area (Å²) in [6, 6.07) is 4.99. The van der Waals surface area contributed by atoms with E-state index < -0.39 is 0 Å². The third kappa shape index (κ3) is 5.04. The third-order valence-corrected chi connectivity index (χ3v) is 6.53. The zero-order chi connectivity index (χ0) is 20.3. The predicted molar refractivity (Wildman–Crippen MR) is 112 cm³/mol. The topological polar surface area (TPSA) is 52.8 Å². The van der Waals surface area contributed by atoms with Crippen molar-refractivity contribution in [1.82, 2.24) is 4.57 Å². The highest BCUT2D eigenvalue weighted by atomic mass is 35.5. The fourth-order valence-corrected chi connectivity index (χ4v) is 4.37. The lowest BCUT2D eigenvalue weighted by atomic mass is 9.95. The van der Waals surface area contributed by atoms with Crippen molar-refractivity contribution >= 4 is 28.8 Å². The maximum atomic E-state index is 12.9. The SMILES string of the molecule is COc1ccc(Cl)cc1C(=O)N=c1sc(C(C)(C)C)cn1CC1CCOCC1. The molecule has 0 N–H and O–H groups in total. The lowest BCUT2D eigenvalue weighted by molar-refractivity contribution is 0.0609. The van der Waals surface area contributed by atoms with Gasteiger partial charge < -0.3 is 14.0 Å². The molecule has 0 saturated carbocycles. The second-order valence-electron chi connectivity index (χ2n) is 8.10. The largest absolute Gasteiger partial charge is 0.496 e. The van der Waals surface area contributed by atoms with E-state index in [1.54, 1.807) is 29.5 Å². The van der Waals surface area contributed by atoms with Gasteiger partial charge >= 0.3 is 0 Å². The second kappa shape index (κ2) is 8.80. The van der Waals surface area contributed by atoms with Gasteiger partial charge in [-0.15, -0.1) is 11.3 Å². The maximum absolute atomic E-state index is 12.9. The molecule has 0 spiro atoms. The van der Waals surface area contributed by atoms with Gasteiger partial charge in [-0.1, -0.05) is 32.4 Å². The average molecular weight is 423 g/mol. The van der Waals surface area contributed by atoms with Crippen molar-refractivity contribution in [3.05, 3.63) is 44.7 Å². The number of ether oxygens (including phenoxy) is 2. The van der Waals surface area contributed by atoms with E-state index in [2.05, 4.69) is 36.5 Å². The number of hydrogen-bond donors (Lipinski definition) is 0. The summed E-state index contributed by atoms with van der Waals surface area (Å²) in [5.41, 5.74) is 0.366. The summed E-state index contributed by atoms with van der Waals surface area (Å²) in [7, 11) is 1.54. The van der Waals surface area contributed by atoms with Crippen molar-refractivity contribution in [2.45, 2.75) is 45.6 Å². The Morgan fingerprint density at radius 3 is 2.71 bits per heavy atom. The summed E-state index contributed by atoms with van der Waals surface area (Å²) >= 11 is 7.65. The Labute approximate surface area is 175 Å². The number of thiazole rings is 1. The Morgan fingerprint density at radius 1 is 1.36 bits per heavy atom. The molecule has 1 amide bonds. The molecule has 5 nitrogen and oxygen atoms in total. The van der Waals surface area contributed by atoms with Crippen LogP contribution in [0.15, 0.2) is 29.4 Å². The number of halogens is 1. The first-order valence-corrected chi connectivity index (χ1v) is 10.7. The van der Waals surface area contributed by atoms with Gasteiger partial charge in [-0.2, -0.15) is 4.99 Å². The van der Waals surface area contributed by atoms with Crippen LogP contribution >= 0.6 is 22.9 Å². The molecule has 0 bridgehead atoms. The number of amides is 1. The number of benzene rings is 1. The van der Waals surface area contributed by atoms with Crippen molar-refractivity contribution in [3.8, 4) is 5.75 Å². The fraction of sp³-hybridized carbons (Fsp3) is 0.524. The number of aromatic nitrogens is 1. The molecular formula is C21H27ClN2O3S. The molecule has 1 saturated heterocycles. The van der Waals surface area contributed by atoms with Crippen LogP contribution in [-0.2, 0) is 16.7 Å². The summed E-state index contributed by atoms with van der Waals surface area (Å²) < 4.78 is 12.9. The lowest BCUT2D eigenvalue weighted by Crippen LogP contribution is -2.25. The van der Waals surface area contributed by atoms with Crippen LogP contribution in [0.4, 0.5) is 0 Å². The Morgan fingerprint density at radius 2 is 2.07 bits per heavy atom. The Balaban J connectivity index is 2.00. The van der Waals surface area contributed by atoms with Gasteiger partial charge in [-0.25, -0.2) is 0 Å². The van der Waals surface area contributed by atoms with Crippen LogP contribution in [0.1, 0.15) is 48.8 Å². The molecule has 1 aliphatic heterocycles. The van der Waals surface area contributed by atoms with Crippen molar-refractivity contribution < 1.29 is 14.3 Å². The molecular weight excluding hydrogens is 396 g/mol. The average Bonchev–Trinajstić information content (AvgIpc) is 3.05. The van der Waals surface area contributed by atoms with E-state index in [1.165, 1.54) is 12.0 Å². The van der Waals surface area contributed by atoms with E-state index in [0.717, 1.165) is 32.6 Å². The first kappa shape index (κ1) is 21.1. The van der Waals surface area contributed by atoms with Gasteiger partial charge in [0, 0.05) is 35.9 Å². The zero-order valence-electron chi connectivity index (χ0n) is 16.8. The van der Waals surface area contributed by atoms with Crippen LogP contribution in [0.3, 0.4) is 0 Å². The molecule has 0 unspecified atom stereocenters. The summed E-state index contributed by atoms with van der Waals surface area (Å²) in [6.07, 6.45) is 4.20. The van der Waals surface area contributed by atoms with Gasteiger partial charge in [0.15, 0.2) is 4.80 Å². The monoisotopic (exact) mass is 422 g/mol. The highest BCUT2D eigenvalue weighted by Crippen LogP contribution is 2.26. The minimum atomic E-state index is -0.345. The van der Waals surface area contributed by atoms with Gasteiger partial charge in [-0.05, 0) is 42.4 Å². The molecule has 1 fully saturated rings. The van der Waals surface area contributed by atoms with Crippen LogP contribution in [-0.4, -0.2) is 30.8 Å². The van der Waals surface area contributed by atoms with Crippen LogP contribution in [0.25, 0.3) is 0 Å². The Hall–Kier alpha value is -1.63. The van der Waals surface area contributed by atoms with E-state index in [-0.39, 0.29) is 11.3 Å². The standard InChI is InChI=1S/C21H27ClN2O3S/c1-21(2,3)18-13-24(12-14-7-9-27-10-8-14)20(28-18)23-19(25)16-11-15(22)5-6-17(16)26-4/h5-6,11,13-14H,7-10,12H2,1-4H3. The number of nitrogens with zero attached hydrogens (tertiary/aromatic N) is 2. The highest BCUT2D eigenvalue weighted by molar-refractivity contribution is 7.09. The van der Waals surface area contributed by atoms with Crippen LogP contribution in [0, 0.1) is 5.92 Å². The maximum Gasteiger partial charge on any atom is 0.283 e. The van der Waals surface area contributed by atoms with E-state index in [9.17, 15) is 4.79 Å². The van der Waals surface area contributed by atoms with Crippen LogP contribution in [0.5, 0.6) is 5.75 Å². The van der Waals surface area contributed by atoms with E-state index >= 15 is 0 Å². The molecule has 2 heterocycles. The molecule has 28 heavy (non-hydrogen) atoms. The molecule has 1 aromatic heterocycles. The number of rotatable bonds is 4. The highest BCUT2D eigenvalue weighted by Gasteiger charge is 2.21. The third-order valence-electron chi connectivity index (χ3n) is 4.84. The van der Waals surface area contributed by atoms with Crippen LogP contribution in [0.2, 0.25) is 5.02 Å². The smallest absolute Gasteiger partial charge is 0.283 e. The number of hydrogen-bond acceptors (Lipinski definition) is 4. The molecule has 7 heteroatoms. The number of carbonyl (C=O) groups is 1. The normalized spacial score (nSPS) is 16.4. The first-order valence-electron chi connectivity index (χ1n) is 9.49. The van der Waals surface area contributed by atoms with Gasteiger partial charge in [0.2, 0.25) is 0 Å². The Bertz CT molecular complexity index is 905. The molecule has 1 aromatic carbocycles. The van der Waals surface area contributed by atoms with Gasteiger partial charge in [0.1, 0.15) is 5.75 Å². The minimum absolute atomic E-state index is 0.00729. The summed E-state index contributed by atoms with van der Waals surface area (Å²) in [6.45, 7) is 8.95. The van der Waals surface area contributed by atoms with Crippen molar-refractivity contribution in [3.63, 3.8) is 0 Å². The number of carbonyl (C=O) groups excluding carboxylic acids is 1. The fourth-order valence-electron chi connectivity index (χ4n) is 3.15. The molecule has 0 atom stereocenters. The van der Waals surface area contributed by atoms with Crippen molar-refractivity contribution in [1.29, 1.82) is 0 Å². The second-order valence-corrected chi connectivity index (χ2v) is 9.54. The Kier molecular flexibility index (Phi) is 6.63. The van der Waals surface area contributed by atoms with Gasteiger partial charge in [0.25, 0.3) is 5.91 Å². The summed E-state index contributed by atoms with van der Waals surface area (Å²) in [5, 5.41) is 0.482. The summed E-state index contributed by atoms with van der Waals surface area (Å²) in [5.74, 6) is 0.662. The van der Waals surface area contributed by atoms with Gasteiger partial charge in [-0.3, -0.25) is 4.79 Å². The first-order chi connectivity index (χ1) is 13.3. The molecule has 2 aromatic rings. The van der Waals surface area contributed by atoms with Crippen molar-refractivity contribution in [2.75, 3.05) is 20.3 Å². The van der Waals surface area contributed by atoms with E-state index in [4.69, 9.17) is 21.1 Å². The predicted octanol–water partition coefficient (Wildman–Crippen LogP) is 4.68. The molecule has 0 radical (unpaired) electrons. The zero-order valence-corrected chi connectivity index (χ0v) is 18.4. The van der Waals surface area contributed by atoms with Crippen molar-refractivity contribution in [2.24, 2.45) is 10.9 Å². The molecule has 1 aliphatic rings. The minimum Gasteiger partial charge on any atom is -0.496 e. The number of methoxy groups -OCH3 is 1. The summed E-state index contributed by atoms with van der Waals surface area (Å²) in [4.78, 5) is 19.3. The molecule has 152 valence electrons. The van der Waals surface area contributed by atoms with Crippen LogP contribution < -0.4 is 9.54 Å².